The maximum Gasteiger partial charge on any atom is 0.190 e. The molecule has 0 spiro atoms. The van der Waals surface area contributed by atoms with Crippen molar-refractivity contribution < 1.29 is 9.47 Å². The monoisotopic (exact) mass is 528 g/mol. The van der Waals surface area contributed by atoms with E-state index in [1.165, 1.54) is 12.0 Å². The van der Waals surface area contributed by atoms with Crippen molar-refractivity contribution in [3.05, 3.63) is 58.6 Å². The normalized spacial score (nSPS) is 16.0. The number of para-hydroxylation sites is 1. The van der Waals surface area contributed by atoms with E-state index in [0.29, 0.717) is 23.3 Å². The average molecular weight is 530 g/mol. The highest BCUT2D eigenvalue weighted by Crippen LogP contribution is 2.36. The fourth-order valence-electron chi connectivity index (χ4n) is 3.70. The zero-order chi connectivity index (χ0) is 23.0. The first-order valence-electron chi connectivity index (χ1n) is 11.3. The Morgan fingerprint density at radius 2 is 2.06 bits per heavy atom. The molecule has 1 atom stereocenters. The number of nitrogen functional groups attached to an aromatic ring is 1. The number of rotatable bonds is 9. The predicted octanol–water partition coefficient (Wildman–Crippen LogP) is 6.43. The molecule has 0 saturated carbocycles. The van der Waals surface area contributed by atoms with E-state index in [2.05, 4.69) is 57.4 Å². The molecule has 0 aliphatic carbocycles. The molecule has 8 heteroatoms. The van der Waals surface area contributed by atoms with Gasteiger partial charge in [-0.25, -0.2) is 9.97 Å². The Kier molecular flexibility index (Phi) is 8.61. The number of hydrogen-bond acceptors (Lipinski definition) is 7. The largest absolute Gasteiger partial charge is 0.382 e. The minimum Gasteiger partial charge on any atom is -0.382 e. The lowest BCUT2D eigenvalue weighted by atomic mass is 10.0. The van der Waals surface area contributed by atoms with Gasteiger partial charge in [-0.05, 0) is 71.1 Å². The van der Waals surface area contributed by atoms with Crippen molar-refractivity contribution >= 4 is 44.9 Å². The Bertz CT molecular complexity index is 1080. The van der Waals surface area contributed by atoms with Crippen LogP contribution >= 0.6 is 27.7 Å². The van der Waals surface area contributed by atoms with Gasteiger partial charge >= 0.3 is 0 Å². The molecule has 3 aromatic rings. The highest BCUT2D eigenvalue weighted by Gasteiger charge is 2.17. The summed E-state index contributed by atoms with van der Waals surface area (Å²) in [6.45, 7) is 3.49. The fraction of sp³-hybridized carbons (Fsp3) is 0.360. The molecule has 3 N–H and O–H groups in total. The van der Waals surface area contributed by atoms with Crippen LogP contribution in [0.5, 0.6) is 0 Å². The lowest BCUT2D eigenvalue weighted by Gasteiger charge is -2.22. The molecular formula is C25H29BrN4O2S. The van der Waals surface area contributed by atoms with Gasteiger partial charge in [0.1, 0.15) is 11.4 Å². The van der Waals surface area contributed by atoms with Gasteiger partial charge in [0.25, 0.3) is 0 Å². The molecule has 0 radical (unpaired) electrons. The number of thioether (sulfide) groups is 1. The van der Waals surface area contributed by atoms with E-state index in [1.54, 1.807) is 11.8 Å². The van der Waals surface area contributed by atoms with Gasteiger partial charge < -0.3 is 20.5 Å². The maximum atomic E-state index is 6.41. The van der Waals surface area contributed by atoms with Crippen LogP contribution < -0.4 is 11.1 Å². The minimum atomic E-state index is -0.0719. The molecule has 2 heterocycles. The number of nitrogens with two attached hydrogens (primary N) is 1. The van der Waals surface area contributed by atoms with Crippen molar-refractivity contribution in [2.45, 2.75) is 44.1 Å². The van der Waals surface area contributed by atoms with Crippen LogP contribution in [0, 0.1) is 0 Å². The van der Waals surface area contributed by atoms with Gasteiger partial charge in [-0.2, -0.15) is 0 Å². The van der Waals surface area contributed by atoms with Crippen LogP contribution in [0.4, 0.5) is 17.2 Å². The summed E-state index contributed by atoms with van der Waals surface area (Å²) in [5.41, 5.74) is 11.0. The summed E-state index contributed by atoms with van der Waals surface area (Å²) in [5, 5.41) is 4.11. The molecule has 2 aromatic carbocycles. The fourth-order valence-corrected chi connectivity index (χ4v) is 4.67. The first-order valence-corrected chi connectivity index (χ1v) is 13.1. The Hall–Kier alpha value is -2.13. The lowest BCUT2D eigenvalue weighted by molar-refractivity contribution is -0.161. The quantitative estimate of drug-likeness (QED) is 0.244. The standard InChI is InChI=1S/C25H29BrN4O2S/c1-2-33-25-29-22(23(24(27)30-25)28-20-11-4-3-10-19(20)26)18-9-7-8-17(16-18)13-15-32-21-12-5-6-14-31-21/h3-4,7-11,16,21,28H,2,5-6,12-15H2,1H3,(H2,27,29,30). The number of halogens is 1. The van der Waals surface area contributed by atoms with Gasteiger partial charge in [0.05, 0.1) is 12.3 Å². The van der Waals surface area contributed by atoms with Crippen LogP contribution in [0.15, 0.2) is 58.2 Å². The van der Waals surface area contributed by atoms with E-state index in [-0.39, 0.29) is 6.29 Å². The van der Waals surface area contributed by atoms with Crippen molar-refractivity contribution in [1.29, 1.82) is 0 Å². The molecule has 33 heavy (non-hydrogen) atoms. The van der Waals surface area contributed by atoms with E-state index in [0.717, 1.165) is 53.0 Å². The average Bonchev–Trinajstić information content (AvgIpc) is 2.83. The van der Waals surface area contributed by atoms with E-state index in [4.69, 9.17) is 20.2 Å². The highest BCUT2D eigenvalue weighted by atomic mass is 79.9. The van der Waals surface area contributed by atoms with Gasteiger partial charge in [-0.3, -0.25) is 0 Å². The van der Waals surface area contributed by atoms with Crippen LogP contribution in [0.25, 0.3) is 11.3 Å². The maximum absolute atomic E-state index is 6.41. The molecule has 1 saturated heterocycles. The zero-order valence-electron chi connectivity index (χ0n) is 18.7. The molecule has 1 fully saturated rings. The summed E-state index contributed by atoms with van der Waals surface area (Å²) in [4.78, 5) is 9.37. The van der Waals surface area contributed by atoms with Gasteiger partial charge in [-0.15, -0.1) is 0 Å². The van der Waals surface area contributed by atoms with Crippen molar-refractivity contribution in [2.24, 2.45) is 0 Å². The van der Waals surface area contributed by atoms with Gasteiger partial charge in [0, 0.05) is 16.6 Å². The van der Waals surface area contributed by atoms with Gasteiger partial charge in [0.2, 0.25) is 0 Å². The molecule has 4 rings (SSSR count). The molecular weight excluding hydrogens is 500 g/mol. The van der Waals surface area contributed by atoms with Gasteiger partial charge in [0.15, 0.2) is 17.3 Å². The van der Waals surface area contributed by atoms with Crippen molar-refractivity contribution in [2.75, 3.05) is 30.0 Å². The topological polar surface area (TPSA) is 82.3 Å². The number of ether oxygens (including phenoxy) is 2. The molecule has 1 aliphatic rings. The molecule has 174 valence electrons. The van der Waals surface area contributed by atoms with Crippen LogP contribution in [-0.2, 0) is 15.9 Å². The first kappa shape index (κ1) is 24.0. The smallest absolute Gasteiger partial charge is 0.190 e. The Morgan fingerprint density at radius 1 is 1.18 bits per heavy atom. The Labute approximate surface area is 207 Å². The third-order valence-corrected chi connectivity index (χ3v) is 6.78. The Balaban J connectivity index is 1.59. The number of benzene rings is 2. The van der Waals surface area contributed by atoms with E-state index < -0.39 is 0 Å². The molecule has 6 nitrogen and oxygen atoms in total. The van der Waals surface area contributed by atoms with E-state index >= 15 is 0 Å². The third kappa shape index (κ3) is 6.47. The first-order chi connectivity index (χ1) is 16.1. The number of hydrogen-bond donors (Lipinski definition) is 2. The zero-order valence-corrected chi connectivity index (χ0v) is 21.1. The molecule has 1 aromatic heterocycles. The molecule has 1 aliphatic heterocycles. The van der Waals surface area contributed by atoms with E-state index in [1.807, 2.05) is 24.3 Å². The van der Waals surface area contributed by atoms with Crippen molar-refractivity contribution in [3.8, 4) is 11.3 Å². The van der Waals surface area contributed by atoms with E-state index in [9.17, 15) is 0 Å². The SMILES string of the molecule is CCSc1nc(N)c(Nc2ccccc2Br)c(-c2cccc(CCOC3CCCCO3)c2)n1. The molecule has 1 unspecified atom stereocenters. The summed E-state index contributed by atoms with van der Waals surface area (Å²) in [6.07, 6.45) is 4.00. The second-order valence-electron chi connectivity index (χ2n) is 7.77. The van der Waals surface area contributed by atoms with Crippen LogP contribution in [-0.4, -0.2) is 35.2 Å². The number of anilines is 3. The highest BCUT2D eigenvalue weighted by molar-refractivity contribution is 9.10. The van der Waals surface area contributed by atoms with Crippen molar-refractivity contribution in [1.82, 2.24) is 9.97 Å². The predicted molar refractivity (Wildman–Crippen MR) is 139 cm³/mol. The molecule has 0 bridgehead atoms. The lowest BCUT2D eigenvalue weighted by Crippen LogP contribution is -2.23. The van der Waals surface area contributed by atoms with Crippen LogP contribution in [0.2, 0.25) is 0 Å². The summed E-state index contributed by atoms with van der Waals surface area (Å²) in [7, 11) is 0. The van der Waals surface area contributed by atoms with Gasteiger partial charge in [-0.1, -0.05) is 49.0 Å². The number of aromatic nitrogens is 2. The van der Waals surface area contributed by atoms with Crippen LogP contribution in [0.1, 0.15) is 31.7 Å². The number of nitrogens with one attached hydrogen (secondary N) is 1. The third-order valence-electron chi connectivity index (χ3n) is 5.36. The number of nitrogens with zero attached hydrogens (tertiary/aromatic N) is 2. The van der Waals surface area contributed by atoms with Crippen LogP contribution in [0.3, 0.4) is 0 Å². The second kappa shape index (κ2) is 11.8. The molecule has 0 amide bonds. The second-order valence-corrected chi connectivity index (χ2v) is 9.86. The Morgan fingerprint density at radius 3 is 2.85 bits per heavy atom. The summed E-state index contributed by atoms with van der Waals surface area (Å²) in [5.74, 6) is 1.30. The van der Waals surface area contributed by atoms with Crippen molar-refractivity contribution in [3.63, 3.8) is 0 Å². The summed E-state index contributed by atoms with van der Waals surface area (Å²) in [6, 6.07) is 16.3. The summed E-state index contributed by atoms with van der Waals surface area (Å²) >= 11 is 5.18. The summed E-state index contributed by atoms with van der Waals surface area (Å²) < 4.78 is 12.5. The minimum absolute atomic E-state index is 0.0719.